The number of aryl methyl sites for hydroxylation is 1. The summed E-state index contributed by atoms with van der Waals surface area (Å²) in [5, 5.41) is 15.2. The Morgan fingerprint density at radius 2 is 2.22 bits per heavy atom. The van der Waals surface area contributed by atoms with Gasteiger partial charge in [-0.1, -0.05) is 18.2 Å². The fourth-order valence-corrected chi connectivity index (χ4v) is 1.96. The van der Waals surface area contributed by atoms with E-state index in [0.717, 1.165) is 10.9 Å². The number of nitrogens with zero attached hydrogens (tertiary/aromatic N) is 2. The number of hydrogen-bond donors (Lipinski definition) is 1. The minimum atomic E-state index is -0.935. The summed E-state index contributed by atoms with van der Waals surface area (Å²) in [4.78, 5) is 11.4. The molecule has 1 heterocycles. The van der Waals surface area contributed by atoms with Crippen molar-refractivity contribution >= 4 is 16.9 Å². The normalized spacial score (nSPS) is 12.6. The maximum absolute atomic E-state index is 11.4. The number of para-hydroxylation sites is 1. The number of hydrogen-bond acceptors (Lipinski definition) is 4. The summed E-state index contributed by atoms with van der Waals surface area (Å²) in [6.07, 6.45) is -1.01. The van der Waals surface area contributed by atoms with Crippen molar-refractivity contribution in [3.05, 3.63) is 30.0 Å². The Balaban J connectivity index is 2.28. The lowest BCUT2D eigenvalue weighted by Gasteiger charge is -2.07. The van der Waals surface area contributed by atoms with Gasteiger partial charge in [-0.25, -0.2) is 0 Å². The Morgan fingerprint density at radius 3 is 2.94 bits per heavy atom. The van der Waals surface area contributed by atoms with Gasteiger partial charge in [-0.05, 0) is 13.0 Å². The molecule has 0 amide bonds. The third-order valence-electron chi connectivity index (χ3n) is 2.77. The zero-order chi connectivity index (χ0) is 13.1. The Bertz CT molecular complexity index is 562. The van der Waals surface area contributed by atoms with Crippen LogP contribution < -0.4 is 0 Å². The van der Waals surface area contributed by atoms with Crippen LogP contribution in [0, 0.1) is 0 Å². The number of fused-ring (bicyclic) bond motifs is 1. The molecule has 0 aliphatic heterocycles. The average molecular weight is 248 g/mol. The summed E-state index contributed by atoms with van der Waals surface area (Å²) in [7, 11) is 1.81. The lowest BCUT2D eigenvalue weighted by atomic mass is 10.1. The SMILES string of the molecule is CCOC(=O)CC(O)c1nn(C)c2ccccc12. The number of carbonyl (C=O) groups excluding carboxylic acids is 1. The van der Waals surface area contributed by atoms with Crippen molar-refractivity contribution < 1.29 is 14.6 Å². The molecular formula is C13H16N2O3. The fourth-order valence-electron chi connectivity index (χ4n) is 1.96. The second-order valence-electron chi connectivity index (χ2n) is 4.05. The number of rotatable bonds is 4. The lowest BCUT2D eigenvalue weighted by Crippen LogP contribution is -2.10. The summed E-state index contributed by atoms with van der Waals surface area (Å²) in [5.41, 5.74) is 1.44. The summed E-state index contributed by atoms with van der Waals surface area (Å²) in [6.45, 7) is 2.05. The van der Waals surface area contributed by atoms with Crippen LogP contribution in [0.1, 0.15) is 25.1 Å². The molecule has 2 aromatic rings. The van der Waals surface area contributed by atoms with Gasteiger partial charge < -0.3 is 9.84 Å². The van der Waals surface area contributed by atoms with Crippen molar-refractivity contribution in [2.75, 3.05) is 6.61 Å². The fraction of sp³-hybridized carbons (Fsp3) is 0.385. The summed E-state index contributed by atoms with van der Waals surface area (Å²) >= 11 is 0. The highest BCUT2D eigenvalue weighted by Gasteiger charge is 2.19. The van der Waals surface area contributed by atoms with Gasteiger partial charge in [-0.3, -0.25) is 9.48 Å². The third kappa shape index (κ3) is 2.36. The number of esters is 1. The molecule has 1 aromatic carbocycles. The number of aliphatic hydroxyl groups excluding tert-OH is 1. The van der Waals surface area contributed by atoms with E-state index in [-0.39, 0.29) is 6.42 Å². The molecule has 0 aliphatic rings. The molecule has 0 radical (unpaired) electrons. The van der Waals surface area contributed by atoms with Crippen LogP contribution in [0.25, 0.3) is 10.9 Å². The molecule has 0 saturated carbocycles. The van der Waals surface area contributed by atoms with Gasteiger partial charge in [0, 0.05) is 12.4 Å². The van der Waals surface area contributed by atoms with Crippen molar-refractivity contribution in [1.82, 2.24) is 9.78 Å². The number of carbonyl (C=O) groups is 1. The van der Waals surface area contributed by atoms with E-state index in [9.17, 15) is 9.90 Å². The van der Waals surface area contributed by atoms with E-state index in [0.29, 0.717) is 12.3 Å². The molecule has 96 valence electrons. The van der Waals surface area contributed by atoms with Crippen molar-refractivity contribution in [3.63, 3.8) is 0 Å². The van der Waals surface area contributed by atoms with E-state index in [1.165, 1.54) is 0 Å². The molecule has 0 bridgehead atoms. The van der Waals surface area contributed by atoms with Crippen LogP contribution in [0.2, 0.25) is 0 Å². The van der Waals surface area contributed by atoms with Gasteiger partial charge in [0.1, 0.15) is 6.10 Å². The second kappa shape index (κ2) is 5.18. The zero-order valence-electron chi connectivity index (χ0n) is 10.5. The van der Waals surface area contributed by atoms with Crippen molar-refractivity contribution in [1.29, 1.82) is 0 Å². The molecule has 0 spiro atoms. The highest BCUT2D eigenvalue weighted by Crippen LogP contribution is 2.25. The first kappa shape index (κ1) is 12.6. The predicted octanol–water partition coefficient (Wildman–Crippen LogP) is 1.56. The molecular weight excluding hydrogens is 232 g/mol. The Kier molecular flexibility index (Phi) is 3.62. The highest BCUT2D eigenvalue weighted by molar-refractivity contribution is 5.83. The van der Waals surface area contributed by atoms with Crippen LogP contribution in [0.3, 0.4) is 0 Å². The first-order chi connectivity index (χ1) is 8.63. The quantitative estimate of drug-likeness (QED) is 0.834. The smallest absolute Gasteiger partial charge is 0.308 e. The van der Waals surface area contributed by atoms with E-state index in [1.54, 1.807) is 11.6 Å². The van der Waals surface area contributed by atoms with E-state index in [2.05, 4.69) is 5.10 Å². The maximum atomic E-state index is 11.4. The van der Waals surface area contributed by atoms with Crippen molar-refractivity contribution in [2.45, 2.75) is 19.4 Å². The molecule has 0 aliphatic carbocycles. The summed E-state index contributed by atoms with van der Waals surface area (Å²) < 4.78 is 6.51. The van der Waals surface area contributed by atoms with Crippen LogP contribution in [0.4, 0.5) is 0 Å². The van der Waals surface area contributed by atoms with Crippen LogP contribution in [-0.4, -0.2) is 27.5 Å². The Morgan fingerprint density at radius 1 is 1.50 bits per heavy atom. The molecule has 1 aromatic heterocycles. The van der Waals surface area contributed by atoms with Crippen molar-refractivity contribution in [3.8, 4) is 0 Å². The first-order valence-electron chi connectivity index (χ1n) is 5.88. The first-order valence-corrected chi connectivity index (χ1v) is 5.88. The third-order valence-corrected chi connectivity index (χ3v) is 2.77. The van der Waals surface area contributed by atoms with Crippen molar-refractivity contribution in [2.24, 2.45) is 7.05 Å². The highest BCUT2D eigenvalue weighted by atomic mass is 16.5. The number of aliphatic hydroxyl groups is 1. The van der Waals surface area contributed by atoms with Gasteiger partial charge >= 0.3 is 5.97 Å². The Hall–Kier alpha value is -1.88. The van der Waals surface area contributed by atoms with Gasteiger partial charge in [0.15, 0.2) is 0 Å². The molecule has 5 heteroatoms. The minimum Gasteiger partial charge on any atom is -0.466 e. The van der Waals surface area contributed by atoms with Gasteiger partial charge in [0.2, 0.25) is 0 Å². The van der Waals surface area contributed by atoms with Crippen LogP contribution in [0.5, 0.6) is 0 Å². The zero-order valence-corrected chi connectivity index (χ0v) is 10.5. The molecule has 1 unspecified atom stereocenters. The molecule has 2 rings (SSSR count). The molecule has 0 fully saturated rings. The topological polar surface area (TPSA) is 64.3 Å². The lowest BCUT2D eigenvalue weighted by molar-refractivity contribution is -0.145. The van der Waals surface area contributed by atoms with Gasteiger partial charge in [-0.2, -0.15) is 5.10 Å². The summed E-state index contributed by atoms with van der Waals surface area (Å²) in [6, 6.07) is 7.59. The molecule has 18 heavy (non-hydrogen) atoms. The second-order valence-corrected chi connectivity index (χ2v) is 4.05. The van der Waals surface area contributed by atoms with Gasteiger partial charge in [0.05, 0.1) is 24.2 Å². The maximum Gasteiger partial charge on any atom is 0.308 e. The molecule has 0 saturated heterocycles. The van der Waals surface area contributed by atoms with E-state index < -0.39 is 12.1 Å². The van der Waals surface area contributed by atoms with Gasteiger partial charge in [0.25, 0.3) is 0 Å². The summed E-state index contributed by atoms with van der Waals surface area (Å²) in [5.74, 6) is -0.417. The van der Waals surface area contributed by atoms with E-state index >= 15 is 0 Å². The van der Waals surface area contributed by atoms with Crippen LogP contribution >= 0.6 is 0 Å². The molecule has 1 N–H and O–H groups in total. The largest absolute Gasteiger partial charge is 0.466 e. The predicted molar refractivity (Wildman–Crippen MR) is 66.9 cm³/mol. The average Bonchev–Trinajstić information content (AvgIpc) is 2.68. The molecule has 5 nitrogen and oxygen atoms in total. The van der Waals surface area contributed by atoms with E-state index in [4.69, 9.17) is 4.74 Å². The van der Waals surface area contributed by atoms with Gasteiger partial charge in [-0.15, -0.1) is 0 Å². The Labute approximate surface area is 105 Å². The number of aromatic nitrogens is 2. The minimum absolute atomic E-state index is 0.0746. The van der Waals surface area contributed by atoms with Crippen LogP contribution in [-0.2, 0) is 16.6 Å². The monoisotopic (exact) mass is 248 g/mol. The number of benzene rings is 1. The van der Waals surface area contributed by atoms with Crippen LogP contribution in [0.15, 0.2) is 24.3 Å². The molecule has 1 atom stereocenters. The van der Waals surface area contributed by atoms with E-state index in [1.807, 2.05) is 31.3 Å². The standard InChI is InChI=1S/C13H16N2O3/c1-3-18-12(17)8-11(16)13-9-6-4-5-7-10(9)15(2)14-13/h4-7,11,16H,3,8H2,1-2H3. The number of ether oxygens (including phenoxy) is 1.